The largest absolute Gasteiger partial charge is 0.322 e. The van der Waals surface area contributed by atoms with Gasteiger partial charge >= 0.3 is 0 Å². The number of anilines is 1. The number of sulfonamides is 1. The fourth-order valence-electron chi connectivity index (χ4n) is 4.03. The summed E-state index contributed by atoms with van der Waals surface area (Å²) >= 11 is 6.16. The Morgan fingerprint density at radius 1 is 1.26 bits per heavy atom. The smallest absolute Gasteiger partial charge is 0.259 e. The third kappa shape index (κ3) is 4.36. The van der Waals surface area contributed by atoms with Crippen LogP contribution >= 0.6 is 11.6 Å². The number of carbonyl (C=O) groups is 1. The van der Waals surface area contributed by atoms with Gasteiger partial charge in [0.25, 0.3) is 5.91 Å². The standard InChI is InChI=1S/C19H23ClN4O5S2/c1-13-16(11-21-24(13)15-6-9-30(26,27)12-15)19(25)22-14-4-5-17(20)18(10-14)31(28,29)23-7-2-3-8-23/h4-5,10-11,15H,2-3,6-9,12H2,1H3,(H,22,25). The van der Waals surface area contributed by atoms with Crippen molar-refractivity contribution < 1.29 is 21.6 Å². The highest BCUT2D eigenvalue weighted by Gasteiger charge is 2.32. The fourth-order valence-corrected chi connectivity index (χ4v) is 7.74. The van der Waals surface area contributed by atoms with E-state index in [0.29, 0.717) is 36.5 Å². The van der Waals surface area contributed by atoms with E-state index < -0.39 is 25.8 Å². The van der Waals surface area contributed by atoms with Crippen molar-refractivity contribution >= 4 is 43.1 Å². The minimum absolute atomic E-state index is 0.00544. The monoisotopic (exact) mass is 486 g/mol. The average Bonchev–Trinajstić information content (AvgIpc) is 3.43. The van der Waals surface area contributed by atoms with Crippen LogP contribution in [0.25, 0.3) is 0 Å². The second kappa shape index (κ2) is 8.19. The summed E-state index contributed by atoms with van der Waals surface area (Å²) in [5.74, 6) is -0.348. The van der Waals surface area contributed by atoms with Crippen LogP contribution in [0, 0.1) is 6.92 Å². The first-order valence-electron chi connectivity index (χ1n) is 9.94. The van der Waals surface area contributed by atoms with Crippen LogP contribution in [-0.4, -0.2) is 61.4 Å². The van der Waals surface area contributed by atoms with Crippen molar-refractivity contribution in [2.45, 2.75) is 37.1 Å². The van der Waals surface area contributed by atoms with Gasteiger partial charge in [-0.15, -0.1) is 0 Å². The summed E-state index contributed by atoms with van der Waals surface area (Å²) in [6, 6.07) is 4.04. The zero-order valence-electron chi connectivity index (χ0n) is 16.9. The summed E-state index contributed by atoms with van der Waals surface area (Å²) in [6.45, 7) is 2.60. The van der Waals surface area contributed by atoms with Gasteiger partial charge in [-0.05, 0) is 44.4 Å². The molecule has 1 atom stereocenters. The lowest BCUT2D eigenvalue weighted by Crippen LogP contribution is -2.28. The number of aromatic nitrogens is 2. The van der Waals surface area contributed by atoms with Gasteiger partial charge in [0.1, 0.15) is 4.90 Å². The van der Waals surface area contributed by atoms with Crippen molar-refractivity contribution in [3.05, 3.63) is 40.7 Å². The van der Waals surface area contributed by atoms with E-state index in [1.165, 1.54) is 28.7 Å². The lowest BCUT2D eigenvalue weighted by atomic mass is 10.2. The number of benzene rings is 1. The predicted octanol–water partition coefficient (Wildman–Crippen LogP) is 2.24. The average molecular weight is 487 g/mol. The molecule has 1 unspecified atom stereocenters. The number of nitrogens with one attached hydrogen (secondary N) is 1. The molecular formula is C19H23ClN4O5S2. The summed E-state index contributed by atoms with van der Waals surface area (Å²) in [5.41, 5.74) is 1.14. The summed E-state index contributed by atoms with van der Waals surface area (Å²) in [6.07, 6.45) is 3.46. The van der Waals surface area contributed by atoms with Gasteiger partial charge in [-0.25, -0.2) is 16.8 Å². The van der Waals surface area contributed by atoms with E-state index in [1.54, 1.807) is 11.6 Å². The first kappa shape index (κ1) is 22.3. The van der Waals surface area contributed by atoms with Crippen LogP contribution < -0.4 is 5.32 Å². The molecular weight excluding hydrogens is 464 g/mol. The molecule has 168 valence electrons. The maximum atomic E-state index is 12.9. The molecule has 0 saturated carbocycles. The Hall–Kier alpha value is -1.95. The van der Waals surface area contributed by atoms with E-state index in [2.05, 4.69) is 10.4 Å². The number of hydrogen-bond acceptors (Lipinski definition) is 6. The molecule has 2 saturated heterocycles. The van der Waals surface area contributed by atoms with Gasteiger partial charge in [-0.3, -0.25) is 9.48 Å². The molecule has 2 aliphatic heterocycles. The second-order valence-corrected chi connectivity index (χ2v) is 12.4. The van der Waals surface area contributed by atoms with Crippen LogP contribution in [0.5, 0.6) is 0 Å². The van der Waals surface area contributed by atoms with E-state index in [1.807, 2.05) is 0 Å². The van der Waals surface area contributed by atoms with Gasteiger partial charge in [0.2, 0.25) is 10.0 Å². The summed E-state index contributed by atoms with van der Waals surface area (Å²) in [7, 11) is -6.83. The first-order valence-corrected chi connectivity index (χ1v) is 13.6. The van der Waals surface area contributed by atoms with Crippen molar-refractivity contribution in [1.29, 1.82) is 0 Å². The molecule has 12 heteroatoms. The summed E-state index contributed by atoms with van der Waals surface area (Å²) in [5, 5.41) is 7.01. The summed E-state index contributed by atoms with van der Waals surface area (Å²) < 4.78 is 52.3. The van der Waals surface area contributed by atoms with Crippen LogP contribution in [0.3, 0.4) is 0 Å². The van der Waals surface area contributed by atoms with E-state index in [-0.39, 0.29) is 27.5 Å². The Morgan fingerprint density at radius 3 is 2.61 bits per heavy atom. The minimum Gasteiger partial charge on any atom is -0.322 e. The minimum atomic E-state index is -3.74. The molecule has 0 radical (unpaired) electrons. The Balaban J connectivity index is 1.56. The maximum Gasteiger partial charge on any atom is 0.259 e. The molecule has 9 nitrogen and oxygen atoms in total. The van der Waals surface area contributed by atoms with Crippen molar-refractivity contribution in [1.82, 2.24) is 14.1 Å². The zero-order chi connectivity index (χ0) is 22.4. The Morgan fingerprint density at radius 2 is 1.97 bits per heavy atom. The molecule has 3 heterocycles. The molecule has 1 amide bonds. The van der Waals surface area contributed by atoms with Crippen LogP contribution in [0.15, 0.2) is 29.3 Å². The third-order valence-corrected chi connectivity index (χ3v) is 9.85. The van der Waals surface area contributed by atoms with E-state index in [9.17, 15) is 21.6 Å². The summed E-state index contributed by atoms with van der Waals surface area (Å²) in [4.78, 5) is 12.8. The quantitative estimate of drug-likeness (QED) is 0.692. The lowest BCUT2D eigenvalue weighted by Gasteiger charge is -2.17. The molecule has 0 aliphatic carbocycles. The van der Waals surface area contributed by atoms with Crippen LogP contribution in [0.4, 0.5) is 5.69 Å². The van der Waals surface area contributed by atoms with E-state index in [0.717, 1.165) is 12.8 Å². The normalized spacial score (nSPS) is 21.4. The number of halogens is 1. The number of sulfone groups is 1. The molecule has 0 bridgehead atoms. The Kier molecular flexibility index (Phi) is 5.88. The number of amides is 1. The molecule has 0 spiro atoms. The van der Waals surface area contributed by atoms with Gasteiger partial charge < -0.3 is 5.32 Å². The molecule has 31 heavy (non-hydrogen) atoms. The van der Waals surface area contributed by atoms with Gasteiger partial charge in [-0.1, -0.05) is 11.6 Å². The molecule has 2 fully saturated rings. The van der Waals surface area contributed by atoms with Crippen molar-refractivity contribution in [3.8, 4) is 0 Å². The van der Waals surface area contributed by atoms with Crippen LogP contribution in [0.2, 0.25) is 5.02 Å². The SMILES string of the molecule is Cc1c(C(=O)Nc2ccc(Cl)c(S(=O)(=O)N3CCCC3)c2)cnn1C1CCS(=O)(=O)C1. The molecule has 1 N–H and O–H groups in total. The molecule has 1 aromatic carbocycles. The van der Waals surface area contributed by atoms with Gasteiger partial charge in [0.05, 0.1) is 34.3 Å². The molecule has 2 aliphatic rings. The van der Waals surface area contributed by atoms with Crippen LogP contribution in [-0.2, 0) is 19.9 Å². The van der Waals surface area contributed by atoms with Crippen molar-refractivity contribution in [3.63, 3.8) is 0 Å². The second-order valence-electron chi connectivity index (χ2n) is 7.86. The van der Waals surface area contributed by atoms with Gasteiger partial charge in [0, 0.05) is 24.5 Å². The van der Waals surface area contributed by atoms with Crippen molar-refractivity contribution in [2.24, 2.45) is 0 Å². The zero-order valence-corrected chi connectivity index (χ0v) is 19.3. The number of rotatable bonds is 5. The number of nitrogens with zero attached hydrogens (tertiary/aromatic N) is 3. The molecule has 2 aromatic rings. The maximum absolute atomic E-state index is 12.9. The first-order chi connectivity index (χ1) is 14.6. The lowest BCUT2D eigenvalue weighted by molar-refractivity contribution is 0.102. The fraction of sp³-hybridized carbons (Fsp3) is 0.474. The molecule has 4 rings (SSSR count). The highest BCUT2D eigenvalue weighted by atomic mass is 35.5. The Bertz CT molecular complexity index is 1230. The molecule has 1 aromatic heterocycles. The highest BCUT2D eigenvalue weighted by molar-refractivity contribution is 7.91. The van der Waals surface area contributed by atoms with E-state index >= 15 is 0 Å². The number of carbonyl (C=O) groups excluding carboxylic acids is 1. The number of hydrogen-bond donors (Lipinski definition) is 1. The topological polar surface area (TPSA) is 118 Å². The van der Waals surface area contributed by atoms with Crippen molar-refractivity contribution in [2.75, 3.05) is 29.9 Å². The van der Waals surface area contributed by atoms with Crippen LogP contribution in [0.1, 0.15) is 41.4 Å². The van der Waals surface area contributed by atoms with E-state index in [4.69, 9.17) is 11.6 Å². The van der Waals surface area contributed by atoms with Gasteiger partial charge in [0.15, 0.2) is 9.84 Å². The predicted molar refractivity (Wildman–Crippen MR) is 117 cm³/mol. The highest BCUT2D eigenvalue weighted by Crippen LogP contribution is 2.30. The Labute approximate surface area is 186 Å². The third-order valence-electron chi connectivity index (χ3n) is 5.72. The van der Waals surface area contributed by atoms with Gasteiger partial charge in [-0.2, -0.15) is 9.40 Å².